The molecule has 2 atom stereocenters. The highest BCUT2D eigenvalue weighted by Gasteiger charge is 2.34. The zero-order chi connectivity index (χ0) is 33.7. The third-order valence-corrected chi connectivity index (χ3v) is 9.46. The number of rotatable bonds is 11. The Morgan fingerprint density at radius 3 is 2.44 bits per heavy atom. The Morgan fingerprint density at radius 2 is 1.81 bits per heavy atom. The van der Waals surface area contributed by atoms with E-state index in [1.54, 1.807) is 30.3 Å². The number of halogens is 1. The number of nitriles is 1. The molecule has 0 radical (unpaired) electrons. The van der Waals surface area contributed by atoms with E-state index in [9.17, 15) is 18.5 Å². The van der Waals surface area contributed by atoms with Crippen LogP contribution in [0.4, 0.5) is 5.69 Å². The summed E-state index contributed by atoms with van der Waals surface area (Å²) in [5.41, 5.74) is 4.52. The van der Waals surface area contributed by atoms with Crippen molar-refractivity contribution in [3.8, 4) is 16.7 Å². The summed E-state index contributed by atoms with van der Waals surface area (Å²) >= 11 is 7.43. The lowest BCUT2D eigenvalue weighted by atomic mass is 9.98. The van der Waals surface area contributed by atoms with E-state index >= 15 is 0 Å². The normalized spacial score (nSPS) is 15.8. The molecule has 5 aromatic rings. The summed E-state index contributed by atoms with van der Waals surface area (Å²) < 4.78 is 36.6. The van der Waals surface area contributed by atoms with Crippen LogP contribution < -0.4 is 5.32 Å². The molecule has 3 heterocycles. The predicted octanol–water partition coefficient (Wildman–Crippen LogP) is 5.99. The molecule has 48 heavy (non-hydrogen) atoms. The fraction of sp³-hybridized carbons (Fsp3) is 0.200. The van der Waals surface area contributed by atoms with Crippen molar-refractivity contribution in [2.75, 3.05) is 19.3 Å². The molecule has 0 bridgehead atoms. The molecule has 2 unspecified atom stereocenters. The molecule has 244 valence electrons. The van der Waals surface area contributed by atoms with Crippen molar-refractivity contribution in [1.29, 1.82) is 5.26 Å². The Hall–Kier alpha value is -4.64. The third kappa shape index (κ3) is 8.44. The number of aliphatic imine (C=N–C) groups is 1. The summed E-state index contributed by atoms with van der Waals surface area (Å²) in [6.45, 7) is 0.689. The van der Waals surface area contributed by atoms with Crippen LogP contribution in [0.15, 0.2) is 107 Å². The molecule has 1 aliphatic heterocycles. The van der Waals surface area contributed by atoms with Gasteiger partial charge in [-0.2, -0.15) is 13.7 Å². The summed E-state index contributed by atoms with van der Waals surface area (Å²) in [4.78, 5) is 20.5. The van der Waals surface area contributed by atoms with Crippen LogP contribution >= 0.6 is 22.9 Å². The number of thiophene rings is 1. The fourth-order valence-corrected chi connectivity index (χ4v) is 7.20. The number of nitrogens with zero attached hydrogens (tertiary/aromatic N) is 4. The Balaban J connectivity index is 1.27. The first kappa shape index (κ1) is 33.3. The molecule has 13 heteroatoms. The Labute approximate surface area is 287 Å². The van der Waals surface area contributed by atoms with Crippen LogP contribution in [0.5, 0.6) is 0 Å². The molecule has 1 aliphatic rings. The maximum absolute atomic E-state index is 12.9. The fourth-order valence-electron chi connectivity index (χ4n) is 5.55. The first-order chi connectivity index (χ1) is 23.1. The topological polar surface area (TPSA) is 138 Å². The summed E-state index contributed by atoms with van der Waals surface area (Å²) in [6, 6.07) is 31.5. The van der Waals surface area contributed by atoms with Crippen molar-refractivity contribution in [3.05, 3.63) is 129 Å². The number of carbonyl (C=O) groups is 1. The second kappa shape index (κ2) is 14.6. The van der Waals surface area contributed by atoms with Gasteiger partial charge in [-0.3, -0.25) is 13.9 Å². The second-order valence-electron chi connectivity index (χ2n) is 11.3. The van der Waals surface area contributed by atoms with Gasteiger partial charge in [0, 0.05) is 36.7 Å². The largest absolute Gasteiger partial charge is 0.355 e. The van der Waals surface area contributed by atoms with E-state index in [-0.39, 0.29) is 18.9 Å². The van der Waals surface area contributed by atoms with E-state index in [0.29, 0.717) is 51.4 Å². The lowest BCUT2D eigenvalue weighted by Gasteiger charge is -2.36. The molecule has 3 aromatic carbocycles. The predicted molar refractivity (Wildman–Crippen MR) is 185 cm³/mol. The van der Waals surface area contributed by atoms with Crippen molar-refractivity contribution in [1.82, 2.24) is 15.4 Å². The number of carbonyl (C=O) groups excluding carboxylic acids is 1. The minimum atomic E-state index is -3.91. The van der Waals surface area contributed by atoms with E-state index in [4.69, 9.17) is 25.3 Å². The zero-order valence-electron chi connectivity index (χ0n) is 25.7. The average Bonchev–Trinajstić information content (AvgIpc) is 3.72. The Kier molecular flexibility index (Phi) is 10.1. The quantitative estimate of drug-likeness (QED) is 0.131. The Morgan fingerprint density at radius 1 is 1.10 bits per heavy atom. The molecule has 1 N–H and O–H groups in total. The van der Waals surface area contributed by atoms with E-state index in [0.717, 1.165) is 22.3 Å². The lowest BCUT2D eigenvalue weighted by molar-refractivity contribution is -0.127. The molecule has 1 amide bonds. The number of hydrogen-bond donors (Lipinski definition) is 1. The number of piperazine rings is 1. The van der Waals surface area contributed by atoms with Gasteiger partial charge in [0.25, 0.3) is 10.1 Å². The van der Waals surface area contributed by atoms with Gasteiger partial charge in [0.1, 0.15) is 12.2 Å². The van der Waals surface area contributed by atoms with E-state index < -0.39 is 22.3 Å². The van der Waals surface area contributed by atoms with Gasteiger partial charge in [-0.15, -0.1) is 11.3 Å². The molecule has 1 saturated heterocycles. The Bertz CT molecular complexity index is 2050. The lowest BCUT2D eigenvalue weighted by Crippen LogP contribution is -2.59. The smallest absolute Gasteiger partial charge is 0.264 e. The molecular weight excluding hydrogens is 670 g/mol. The molecule has 0 saturated carbocycles. The summed E-state index contributed by atoms with van der Waals surface area (Å²) in [5, 5.41) is 17.0. The number of amides is 1. The number of aromatic nitrogens is 1. The van der Waals surface area contributed by atoms with Crippen LogP contribution in [0.3, 0.4) is 0 Å². The van der Waals surface area contributed by atoms with Crippen LogP contribution in [0.25, 0.3) is 10.6 Å². The van der Waals surface area contributed by atoms with Gasteiger partial charge in [-0.1, -0.05) is 83.5 Å². The minimum Gasteiger partial charge on any atom is -0.355 e. The van der Waals surface area contributed by atoms with E-state index in [2.05, 4.69) is 16.5 Å². The van der Waals surface area contributed by atoms with Crippen LogP contribution in [-0.2, 0) is 32.1 Å². The van der Waals surface area contributed by atoms with Crippen LogP contribution in [0.2, 0.25) is 4.34 Å². The van der Waals surface area contributed by atoms with Gasteiger partial charge in [0.15, 0.2) is 5.76 Å². The van der Waals surface area contributed by atoms with Crippen molar-refractivity contribution in [3.63, 3.8) is 0 Å². The first-order valence-corrected chi connectivity index (χ1v) is 18.0. The number of nitrogens with one attached hydrogen (secondary N) is 1. The van der Waals surface area contributed by atoms with Crippen molar-refractivity contribution < 1.29 is 21.9 Å². The van der Waals surface area contributed by atoms with Crippen molar-refractivity contribution in [2.24, 2.45) is 4.99 Å². The van der Waals surface area contributed by atoms with E-state index in [1.165, 1.54) is 11.3 Å². The van der Waals surface area contributed by atoms with Gasteiger partial charge in [0.05, 0.1) is 50.7 Å². The summed E-state index contributed by atoms with van der Waals surface area (Å²) in [7, 11) is -3.91. The molecule has 1 fully saturated rings. The second-order valence-corrected chi connectivity index (χ2v) is 14.6. The number of hydrogen-bond acceptors (Lipinski definition) is 10. The minimum absolute atomic E-state index is 0.0899. The maximum Gasteiger partial charge on any atom is 0.264 e. The maximum atomic E-state index is 12.9. The molecule has 6 rings (SSSR count). The molecule has 2 aromatic heterocycles. The number of benzene rings is 3. The molecule has 0 aliphatic carbocycles. The monoisotopic (exact) mass is 699 g/mol. The summed E-state index contributed by atoms with van der Waals surface area (Å²) in [5.74, 6) is 0.294. The highest BCUT2D eigenvalue weighted by atomic mass is 35.5. The molecule has 0 spiro atoms. The average molecular weight is 700 g/mol. The zero-order valence-corrected chi connectivity index (χ0v) is 28.1. The van der Waals surface area contributed by atoms with Gasteiger partial charge < -0.3 is 9.84 Å². The van der Waals surface area contributed by atoms with Gasteiger partial charge in [-0.25, -0.2) is 4.99 Å². The van der Waals surface area contributed by atoms with Crippen molar-refractivity contribution in [2.45, 2.75) is 25.1 Å². The molecular formula is C35H30ClN5O5S2. The van der Waals surface area contributed by atoms with Crippen LogP contribution in [0.1, 0.15) is 27.9 Å². The van der Waals surface area contributed by atoms with Crippen molar-refractivity contribution >= 4 is 50.4 Å². The van der Waals surface area contributed by atoms with Crippen LogP contribution in [-0.4, -0.2) is 61.6 Å². The standard InChI is InChI=1S/C35H30ClN5O5S2/c1-48(43,44)46-30(29-21-41(22-34(42)38-29)20-27-18-31(45-40-27)32-14-15-33(36)47-32)17-23-12-13-26(19-37)28(16-23)39-35(24-8-4-2-5-9-24)25-10-6-3-7-11-25/h2-16,18,29-30H,17,20-22H2,1H3,(H,38,42). The van der Waals surface area contributed by atoms with Gasteiger partial charge in [0.2, 0.25) is 5.91 Å². The highest BCUT2D eigenvalue weighted by Crippen LogP contribution is 2.32. The first-order valence-electron chi connectivity index (χ1n) is 15.0. The molecule has 10 nitrogen and oxygen atoms in total. The highest BCUT2D eigenvalue weighted by molar-refractivity contribution is 7.86. The third-order valence-electron chi connectivity index (χ3n) is 7.62. The van der Waals surface area contributed by atoms with Gasteiger partial charge >= 0.3 is 0 Å². The SMILES string of the molecule is CS(=O)(=O)OC(Cc1ccc(C#N)c(N=C(c2ccccc2)c2ccccc2)c1)C1CN(Cc2cc(-c3ccc(Cl)s3)on2)CC(=O)N1. The van der Waals surface area contributed by atoms with Gasteiger partial charge in [-0.05, 0) is 29.8 Å². The summed E-state index contributed by atoms with van der Waals surface area (Å²) in [6.07, 6.45) is 0.163. The van der Waals surface area contributed by atoms with Crippen LogP contribution in [0, 0.1) is 11.3 Å². The van der Waals surface area contributed by atoms with E-state index in [1.807, 2.05) is 71.6 Å².